The number of carbonyl (C=O) groups is 1. The van der Waals surface area contributed by atoms with Crippen molar-refractivity contribution in [2.45, 2.75) is 68.2 Å². The molecule has 0 saturated carbocycles. The Balaban J connectivity index is 3.00. The van der Waals surface area contributed by atoms with Crippen molar-refractivity contribution in [2.75, 3.05) is 0 Å². The van der Waals surface area contributed by atoms with Gasteiger partial charge in [0.2, 0.25) is 0 Å². The molecule has 0 fully saturated rings. The lowest BCUT2D eigenvalue weighted by molar-refractivity contribution is -0.134. The minimum Gasteiger partial charge on any atom is -0.298 e. The highest BCUT2D eigenvalue weighted by molar-refractivity contribution is 5.92. The topological polar surface area (TPSA) is 17.1 Å². The fraction of sp³-hybridized carbons (Fsp3) is 0.824. The van der Waals surface area contributed by atoms with Crippen molar-refractivity contribution in [2.24, 2.45) is 22.2 Å². The first kappa shape index (κ1) is 15.5. The molecule has 1 heteroatoms. The average molecular weight is 250 g/mol. The van der Waals surface area contributed by atoms with E-state index in [9.17, 15) is 4.79 Å². The standard InChI is InChI=1S/C17H30O/c1-12(9-15(2,3)4)13-10-16(5,6)14(18)17(7,8)11-13/h10,12H,9,11H2,1-8H3. The third-order valence-corrected chi connectivity index (χ3v) is 3.94. The molecule has 0 N–H and O–H groups in total. The maximum absolute atomic E-state index is 12.4. The zero-order valence-electron chi connectivity index (χ0n) is 13.5. The van der Waals surface area contributed by atoms with Gasteiger partial charge in [0.25, 0.3) is 0 Å². The van der Waals surface area contributed by atoms with Gasteiger partial charge in [0.1, 0.15) is 5.78 Å². The minimum atomic E-state index is -0.302. The Bertz CT molecular complexity index is 364. The maximum Gasteiger partial charge on any atom is 0.148 e. The summed E-state index contributed by atoms with van der Waals surface area (Å²) >= 11 is 0. The summed E-state index contributed by atoms with van der Waals surface area (Å²) < 4.78 is 0. The lowest BCUT2D eigenvalue weighted by Crippen LogP contribution is -2.40. The van der Waals surface area contributed by atoms with Gasteiger partial charge in [0, 0.05) is 10.8 Å². The Morgan fingerprint density at radius 1 is 1.22 bits per heavy atom. The number of allylic oxidation sites excluding steroid dienone is 2. The van der Waals surface area contributed by atoms with Crippen LogP contribution in [-0.4, -0.2) is 5.78 Å². The number of hydrogen-bond acceptors (Lipinski definition) is 1. The molecule has 0 aliphatic heterocycles. The van der Waals surface area contributed by atoms with Crippen molar-refractivity contribution < 1.29 is 4.79 Å². The van der Waals surface area contributed by atoms with Crippen molar-refractivity contribution >= 4 is 5.78 Å². The van der Waals surface area contributed by atoms with Gasteiger partial charge in [-0.3, -0.25) is 4.79 Å². The Morgan fingerprint density at radius 3 is 2.11 bits per heavy atom. The second-order valence-corrected chi connectivity index (χ2v) is 8.50. The molecule has 1 atom stereocenters. The molecular formula is C17H30O. The quantitative estimate of drug-likeness (QED) is 0.630. The first-order valence-electron chi connectivity index (χ1n) is 7.12. The molecule has 104 valence electrons. The van der Waals surface area contributed by atoms with Gasteiger partial charge in [-0.2, -0.15) is 0 Å². The zero-order valence-corrected chi connectivity index (χ0v) is 13.5. The third-order valence-electron chi connectivity index (χ3n) is 3.94. The molecule has 18 heavy (non-hydrogen) atoms. The van der Waals surface area contributed by atoms with Crippen LogP contribution in [0.5, 0.6) is 0 Å². The molecule has 0 saturated heterocycles. The molecule has 0 aromatic rings. The highest BCUT2D eigenvalue weighted by atomic mass is 16.1. The average Bonchev–Trinajstić information content (AvgIpc) is 2.10. The van der Waals surface area contributed by atoms with Crippen LogP contribution in [0.3, 0.4) is 0 Å². The molecule has 0 bridgehead atoms. The van der Waals surface area contributed by atoms with Crippen molar-refractivity contribution in [1.29, 1.82) is 0 Å². The van der Waals surface area contributed by atoms with Gasteiger partial charge < -0.3 is 0 Å². The van der Waals surface area contributed by atoms with Crippen molar-refractivity contribution in [3.05, 3.63) is 11.6 Å². The first-order valence-corrected chi connectivity index (χ1v) is 7.12. The van der Waals surface area contributed by atoms with Crippen LogP contribution < -0.4 is 0 Å². The molecule has 1 nitrogen and oxygen atoms in total. The van der Waals surface area contributed by atoms with Gasteiger partial charge in [0.15, 0.2) is 0 Å². The lowest BCUT2D eigenvalue weighted by Gasteiger charge is -2.40. The van der Waals surface area contributed by atoms with E-state index in [1.165, 1.54) is 12.0 Å². The van der Waals surface area contributed by atoms with Crippen LogP contribution in [0.1, 0.15) is 68.2 Å². The van der Waals surface area contributed by atoms with Crippen LogP contribution in [-0.2, 0) is 4.79 Å². The van der Waals surface area contributed by atoms with Crippen LogP contribution in [0.15, 0.2) is 11.6 Å². The smallest absolute Gasteiger partial charge is 0.148 e. The fourth-order valence-electron chi connectivity index (χ4n) is 3.41. The first-order chi connectivity index (χ1) is 7.85. The second kappa shape index (κ2) is 4.51. The van der Waals surface area contributed by atoms with Crippen molar-refractivity contribution in [3.63, 3.8) is 0 Å². The van der Waals surface area contributed by atoms with Gasteiger partial charge in [-0.05, 0) is 38.0 Å². The van der Waals surface area contributed by atoms with E-state index in [1.54, 1.807) is 0 Å². The lowest BCUT2D eigenvalue weighted by atomic mass is 9.63. The highest BCUT2D eigenvalue weighted by Crippen LogP contribution is 2.45. The molecule has 1 rings (SSSR count). The fourth-order valence-corrected chi connectivity index (χ4v) is 3.41. The van der Waals surface area contributed by atoms with E-state index in [-0.39, 0.29) is 10.8 Å². The summed E-state index contributed by atoms with van der Waals surface area (Å²) in [6.07, 6.45) is 4.34. The second-order valence-electron chi connectivity index (χ2n) is 8.50. The summed E-state index contributed by atoms with van der Waals surface area (Å²) in [6.45, 7) is 17.5. The zero-order chi connectivity index (χ0) is 14.4. The molecule has 1 aliphatic carbocycles. The largest absolute Gasteiger partial charge is 0.298 e. The van der Waals surface area contributed by atoms with Crippen LogP contribution in [0.4, 0.5) is 0 Å². The molecule has 1 unspecified atom stereocenters. The van der Waals surface area contributed by atoms with E-state index in [0.717, 1.165) is 6.42 Å². The molecule has 0 spiro atoms. The van der Waals surface area contributed by atoms with E-state index in [0.29, 0.717) is 17.1 Å². The van der Waals surface area contributed by atoms with Crippen LogP contribution in [0.25, 0.3) is 0 Å². The summed E-state index contributed by atoms with van der Waals surface area (Å²) in [6, 6.07) is 0. The number of ketones is 1. The maximum atomic E-state index is 12.4. The van der Waals surface area contributed by atoms with E-state index >= 15 is 0 Å². The summed E-state index contributed by atoms with van der Waals surface area (Å²) in [7, 11) is 0. The monoisotopic (exact) mass is 250 g/mol. The van der Waals surface area contributed by atoms with Gasteiger partial charge >= 0.3 is 0 Å². The van der Waals surface area contributed by atoms with E-state index in [2.05, 4.69) is 61.5 Å². The van der Waals surface area contributed by atoms with Crippen LogP contribution >= 0.6 is 0 Å². The van der Waals surface area contributed by atoms with Crippen LogP contribution in [0, 0.1) is 22.2 Å². The Morgan fingerprint density at radius 2 is 1.72 bits per heavy atom. The Kier molecular flexibility index (Phi) is 3.87. The molecule has 0 heterocycles. The SMILES string of the molecule is CC(CC(C)(C)C)C1=CC(C)(C)C(=O)C(C)(C)C1. The summed E-state index contributed by atoms with van der Waals surface area (Å²) in [5.41, 5.74) is 1.30. The van der Waals surface area contributed by atoms with E-state index < -0.39 is 0 Å². The van der Waals surface area contributed by atoms with E-state index in [1.807, 2.05) is 0 Å². The number of Topliss-reactive ketones (excluding diaryl/α,β-unsaturated/α-hetero) is 1. The third kappa shape index (κ3) is 3.46. The van der Waals surface area contributed by atoms with Gasteiger partial charge in [-0.25, -0.2) is 0 Å². The number of hydrogen-bond donors (Lipinski definition) is 0. The molecular weight excluding hydrogens is 220 g/mol. The minimum absolute atomic E-state index is 0.209. The van der Waals surface area contributed by atoms with Gasteiger partial charge in [0.05, 0.1) is 0 Å². The molecule has 0 aromatic carbocycles. The summed E-state index contributed by atoms with van der Waals surface area (Å²) in [5.74, 6) is 0.943. The van der Waals surface area contributed by atoms with Crippen molar-refractivity contribution in [3.8, 4) is 0 Å². The molecule has 1 aliphatic rings. The van der Waals surface area contributed by atoms with E-state index in [4.69, 9.17) is 0 Å². The van der Waals surface area contributed by atoms with Crippen molar-refractivity contribution in [1.82, 2.24) is 0 Å². The number of carbonyl (C=O) groups excluding carboxylic acids is 1. The Hall–Kier alpha value is -0.590. The normalized spacial score (nSPS) is 24.7. The summed E-state index contributed by atoms with van der Waals surface area (Å²) in [4.78, 5) is 12.4. The molecule has 0 radical (unpaired) electrons. The Labute approximate surface area is 113 Å². The molecule has 0 aromatic heterocycles. The predicted molar refractivity (Wildman–Crippen MR) is 78.5 cm³/mol. The van der Waals surface area contributed by atoms with Gasteiger partial charge in [-0.15, -0.1) is 0 Å². The predicted octanol–water partition coefficient (Wildman–Crippen LogP) is 5.01. The van der Waals surface area contributed by atoms with Gasteiger partial charge in [-0.1, -0.05) is 53.2 Å². The summed E-state index contributed by atoms with van der Waals surface area (Å²) in [5, 5.41) is 0. The van der Waals surface area contributed by atoms with Crippen LogP contribution in [0.2, 0.25) is 0 Å². The highest BCUT2D eigenvalue weighted by Gasteiger charge is 2.43. The number of rotatable bonds is 2. The molecule has 0 amide bonds.